The second-order valence-electron chi connectivity index (χ2n) is 7.48. The summed E-state index contributed by atoms with van der Waals surface area (Å²) in [6.45, 7) is 5.67. The number of nitrogens with zero attached hydrogens (tertiary/aromatic N) is 4. The molecule has 2 amide bonds. The van der Waals surface area contributed by atoms with Gasteiger partial charge in [0.25, 0.3) is 0 Å². The van der Waals surface area contributed by atoms with Gasteiger partial charge in [-0.15, -0.1) is 0 Å². The standard InChI is InChI=1S/C24H26N6O/c1-18-23(19(2)30(28-18)22-6-4-3-5-7-22)15-27-24(31)26-14-20-8-10-21(11-9-20)16-29-13-12-25-17-29/h3-13,17H,14-16H2,1-2H3,(H2,26,27,31). The van der Waals surface area contributed by atoms with Gasteiger partial charge in [0.1, 0.15) is 0 Å². The highest BCUT2D eigenvalue weighted by Crippen LogP contribution is 2.17. The molecular weight excluding hydrogens is 388 g/mol. The molecular formula is C24H26N6O. The number of carbonyl (C=O) groups is 1. The lowest BCUT2D eigenvalue weighted by atomic mass is 10.1. The fourth-order valence-corrected chi connectivity index (χ4v) is 3.52. The topological polar surface area (TPSA) is 76.8 Å². The lowest BCUT2D eigenvalue weighted by Gasteiger charge is -2.09. The number of urea groups is 1. The molecule has 2 heterocycles. The monoisotopic (exact) mass is 414 g/mol. The average molecular weight is 415 g/mol. The Bertz CT molecular complexity index is 1130. The first-order valence-corrected chi connectivity index (χ1v) is 10.3. The third-order valence-corrected chi connectivity index (χ3v) is 5.27. The zero-order valence-electron chi connectivity index (χ0n) is 17.7. The van der Waals surface area contributed by atoms with Crippen LogP contribution < -0.4 is 10.6 Å². The summed E-state index contributed by atoms with van der Waals surface area (Å²) >= 11 is 0. The smallest absolute Gasteiger partial charge is 0.315 e. The van der Waals surface area contributed by atoms with Crippen molar-refractivity contribution in [3.8, 4) is 5.69 Å². The van der Waals surface area contributed by atoms with Crippen molar-refractivity contribution < 1.29 is 4.79 Å². The van der Waals surface area contributed by atoms with E-state index in [-0.39, 0.29) is 6.03 Å². The van der Waals surface area contributed by atoms with Crippen LogP contribution in [0, 0.1) is 13.8 Å². The number of aryl methyl sites for hydroxylation is 1. The van der Waals surface area contributed by atoms with E-state index in [1.54, 1.807) is 12.5 Å². The van der Waals surface area contributed by atoms with Gasteiger partial charge >= 0.3 is 6.03 Å². The van der Waals surface area contributed by atoms with Gasteiger partial charge in [-0.25, -0.2) is 14.5 Å². The molecule has 2 aromatic carbocycles. The molecule has 4 aromatic rings. The van der Waals surface area contributed by atoms with Crippen LogP contribution in [0.4, 0.5) is 4.79 Å². The summed E-state index contributed by atoms with van der Waals surface area (Å²) < 4.78 is 3.93. The summed E-state index contributed by atoms with van der Waals surface area (Å²) in [7, 11) is 0. The first kappa shape index (κ1) is 20.4. The lowest BCUT2D eigenvalue weighted by molar-refractivity contribution is 0.240. The van der Waals surface area contributed by atoms with Crippen molar-refractivity contribution in [3.05, 3.63) is 101 Å². The van der Waals surface area contributed by atoms with Crippen LogP contribution in [0.15, 0.2) is 73.3 Å². The number of benzene rings is 2. The van der Waals surface area contributed by atoms with Gasteiger partial charge in [-0.05, 0) is 37.1 Å². The Morgan fingerprint density at radius 1 is 0.935 bits per heavy atom. The number of imidazole rings is 1. The van der Waals surface area contributed by atoms with Crippen LogP contribution in [-0.2, 0) is 19.6 Å². The van der Waals surface area contributed by atoms with Gasteiger partial charge in [0.2, 0.25) is 0 Å². The first-order chi connectivity index (χ1) is 15.1. The molecule has 0 radical (unpaired) electrons. The minimum atomic E-state index is -0.200. The largest absolute Gasteiger partial charge is 0.334 e. The minimum absolute atomic E-state index is 0.200. The maximum Gasteiger partial charge on any atom is 0.315 e. The Morgan fingerprint density at radius 2 is 1.65 bits per heavy atom. The predicted octanol–water partition coefficient (Wildman–Crippen LogP) is 3.73. The molecule has 0 saturated carbocycles. The Hall–Kier alpha value is -3.87. The average Bonchev–Trinajstić information content (AvgIpc) is 3.40. The van der Waals surface area contributed by atoms with Crippen LogP contribution in [0.25, 0.3) is 5.69 Å². The predicted molar refractivity (Wildman–Crippen MR) is 120 cm³/mol. The lowest BCUT2D eigenvalue weighted by Crippen LogP contribution is -2.34. The number of hydrogen-bond acceptors (Lipinski definition) is 3. The molecule has 0 aliphatic heterocycles. The van der Waals surface area contributed by atoms with Gasteiger partial charge in [-0.2, -0.15) is 5.10 Å². The highest BCUT2D eigenvalue weighted by molar-refractivity contribution is 5.73. The quantitative estimate of drug-likeness (QED) is 0.484. The molecule has 0 aliphatic rings. The van der Waals surface area contributed by atoms with E-state index in [9.17, 15) is 4.79 Å². The van der Waals surface area contributed by atoms with Crippen LogP contribution in [0.5, 0.6) is 0 Å². The van der Waals surface area contributed by atoms with Gasteiger partial charge in [0.15, 0.2) is 0 Å². The first-order valence-electron chi connectivity index (χ1n) is 10.3. The molecule has 0 fully saturated rings. The Balaban J connectivity index is 1.29. The van der Waals surface area contributed by atoms with E-state index in [4.69, 9.17) is 0 Å². The fraction of sp³-hybridized carbons (Fsp3) is 0.208. The fourth-order valence-electron chi connectivity index (χ4n) is 3.52. The van der Waals surface area contributed by atoms with E-state index in [1.807, 2.05) is 71.8 Å². The number of rotatable bonds is 7. The Morgan fingerprint density at radius 3 is 2.35 bits per heavy atom. The van der Waals surface area contributed by atoms with Crippen LogP contribution in [0.2, 0.25) is 0 Å². The SMILES string of the molecule is Cc1nn(-c2ccccc2)c(C)c1CNC(=O)NCc1ccc(Cn2ccnc2)cc1. The number of nitrogens with one attached hydrogen (secondary N) is 2. The van der Waals surface area contributed by atoms with Gasteiger partial charge in [-0.1, -0.05) is 42.5 Å². The van der Waals surface area contributed by atoms with E-state index < -0.39 is 0 Å². The summed E-state index contributed by atoms with van der Waals surface area (Å²) in [5.74, 6) is 0. The van der Waals surface area contributed by atoms with Crippen molar-refractivity contribution in [1.29, 1.82) is 0 Å². The van der Waals surface area contributed by atoms with Crippen molar-refractivity contribution >= 4 is 6.03 Å². The van der Waals surface area contributed by atoms with Crippen molar-refractivity contribution in [2.45, 2.75) is 33.5 Å². The summed E-state index contributed by atoms with van der Waals surface area (Å²) in [6, 6.07) is 18.0. The molecule has 31 heavy (non-hydrogen) atoms. The molecule has 7 heteroatoms. The highest BCUT2D eigenvalue weighted by atomic mass is 16.2. The molecule has 0 unspecified atom stereocenters. The minimum Gasteiger partial charge on any atom is -0.334 e. The Kier molecular flexibility index (Phi) is 6.12. The number of aromatic nitrogens is 4. The summed E-state index contributed by atoms with van der Waals surface area (Å²) in [4.78, 5) is 16.4. The third-order valence-electron chi connectivity index (χ3n) is 5.27. The van der Waals surface area contributed by atoms with Crippen LogP contribution in [0.1, 0.15) is 28.1 Å². The molecule has 0 bridgehead atoms. The van der Waals surface area contributed by atoms with Crippen LogP contribution >= 0.6 is 0 Å². The van der Waals surface area contributed by atoms with Crippen molar-refractivity contribution in [2.24, 2.45) is 0 Å². The highest BCUT2D eigenvalue weighted by Gasteiger charge is 2.13. The van der Waals surface area contributed by atoms with Gasteiger partial charge in [-0.3, -0.25) is 0 Å². The number of para-hydroxylation sites is 1. The normalized spacial score (nSPS) is 10.8. The van der Waals surface area contributed by atoms with Crippen molar-refractivity contribution in [2.75, 3.05) is 0 Å². The zero-order chi connectivity index (χ0) is 21.6. The number of amides is 2. The van der Waals surface area contributed by atoms with Gasteiger partial charge in [0.05, 0.1) is 17.7 Å². The van der Waals surface area contributed by atoms with E-state index >= 15 is 0 Å². The third kappa shape index (κ3) is 5.01. The van der Waals surface area contributed by atoms with Crippen molar-refractivity contribution in [1.82, 2.24) is 30.0 Å². The Labute approximate surface area is 181 Å². The second-order valence-corrected chi connectivity index (χ2v) is 7.48. The van der Waals surface area contributed by atoms with Gasteiger partial charge < -0.3 is 15.2 Å². The molecule has 158 valence electrons. The molecule has 7 nitrogen and oxygen atoms in total. The molecule has 4 rings (SSSR count). The van der Waals surface area contributed by atoms with Crippen LogP contribution in [0.3, 0.4) is 0 Å². The van der Waals surface area contributed by atoms with E-state index in [0.717, 1.165) is 34.7 Å². The molecule has 2 N–H and O–H groups in total. The molecule has 0 spiro atoms. The van der Waals surface area contributed by atoms with E-state index in [1.165, 1.54) is 5.56 Å². The van der Waals surface area contributed by atoms with Crippen molar-refractivity contribution in [3.63, 3.8) is 0 Å². The molecule has 0 aliphatic carbocycles. The zero-order valence-corrected chi connectivity index (χ0v) is 17.7. The van der Waals surface area contributed by atoms with E-state index in [2.05, 4.69) is 32.8 Å². The molecule has 0 saturated heterocycles. The van der Waals surface area contributed by atoms with Crippen LogP contribution in [-0.4, -0.2) is 25.4 Å². The molecule has 2 aromatic heterocycles. The maximum atomic E-state index is 12.3. The molecule has 0 atom stereocenters. The van der Waals surface area contributed by atoms with Gasteiger partial charge in [0, 0.05) is 43.3 Å². The number of carbonyl (C=O) groups excluding carboxylic acids is 1. The summed E-state index contributed by atoms with van der Waals surface area (Å²) in [5.41, 5.74) is 6.21. The number of hydrogen-bond donors (Lipinski definition) is 2. The summed E-state index contributed by atoms with van der Waals surface area (Å²) in [6.07, 6.45) is 5.51. The maximum absolute atomic E-state index is 12.3. The second kappa shape index (κ2) is 9.30. The van der Waals surface area contributed by atoms with E-state index in [0.29, 0.717) is 13.1 Å². The summed E-state index contributed by atoms with van der Waals surface area (Å²) in [5, 5.41) is 10.5.